The van der Waals surface area contributed by atoms with Gasteiger partial charge in [-0.2, -0.15) is 4.37 Å². The Labute approximate surface area is 212 Å². The highest BCUT2D eigenvalue weighted by Gasteiger charge is 2.31. The van der Waals surface area contributed by atoms with Gasteiger partial charge in [0.2, 0.25) is 11.0 Å². The van der Waals surface area contributed by atoms with Crippen molar-refractivity contribution < 1.29 is 4.79 Å². The maximum Gasteiger partial charge on any atom is 0.225 e. The smallest absolute Gasteiger partial charge is 0.225 e. The van der Waals surface area contributed by atoms with Crippen molar-refractivity contribution >= 4 is 28.6 Å². The predicted octanol–water partition coefficient (Wildman–Crippen LogP) is 4.20. The summed E-state index contributed by atoms with van der Waals surface area (Å²) < 4.78 is 4.56. The van der Waals surface area contributed by atoms with Gasteiger partial charge in [-0.1, -0.05) is 72.8 Å². The normalized spacial score (nSPS) is 17.8. The minimum Gasteiger partial charge on any atom is -0.347 e. The van der Waals surface area contributed by atoms with Gasteiger partial charge in [-0.15, -0.1) is 0 Å². The molecule has 2 saturated heterocycles. The summed E-state index contributed by atoms with van der Waals surface area (Å²) in [5.41, 5.74) is 2.46. The Hall–Kier alpha value is -3.03. The molecule has 7 heteroatoms. The maximum absolute atomic E-state index is 13.2. The van der Waals surface area contributed by atoms with Crippen molar-refractivity contribution in [1.82, 2.24) is 19.2 Å². The third-order valence-electron chi connectivity index (χ3n) is 6.93. The number of anilines is 1. The van der Waals surface area contributed by atoms with Crippen molar-refractivity contribution in [2.24, 2.45) is 5.92 Å². The SMILES string of the molecule is O=C(C1CCN(c2nc(Cc3ccccc3)ns2)CC1)N1CCN(C/C=C/c2ccccc2)CC1. The van der Waals surface area contributed by atoms with Crippen LogP contribution in [0.5, 0.6) is 0 Å². The fourth-order valence-corrected chi connectivity index (χ4v) is 5.59. The molecule has 2 aliphatic rings. The molecule has 0 radical (unpaired) electrons. The first kappa shape index (κ1) is 23.7. The predicted molar refractivity (Wildman–Crippen MR) is 143 cm³/mol. The molecule has 0 atom stereocenters. The van der Waals surface area contributed by atoms with Crippen LogP contribution in [0, 0.1) is 5.92 Å². The third-order valence-corrected chi connectivity index (χ3v) is 7.75. The Balaban J connectivity index is 1.05. The molecule has 5 rings (SSSR count). The monoisotopic (exact) mass is 487 g/mol. The zero-order chi connectivity index (χ0) is 23.9. The molecule has 182 valence electrons. The van der Waals surface area contributed by atoms with E-state index in [0.717, 1.165) is 76.0 Å². The highest BCUT2D eigenvalue weighted by atomic mass is 32.1. The van der Waals surface area contributed by atoms with E-state index in [9.17, 15) is 4.79 Å². The molecule has 1 amide bonds. The first-order chi connectivity index (χ1) is 17.2. The van der Waals surface area contributed by atoms with Crippen molar-refractivity contribution in [3.8, 4) is 0 Å². The Morgan fingerprint density at radius 1 is 0.914 bits per heavy atom. The molecule has 2 fully saturated rings. The number of benzene rings is 2. The number of nitrogens with zero attached hydrogens (tertiary/aromatic N) is 5. The minimum absolute atomic E-state index is 0.132. The molecule has 0 spiro atoms. The molecular weight excluding hydrogens is 454 g/mol. The summed E-state index contributed by atoms with van der Waals surface area (Å²) in [5.74, 6) is 1.35. The number of carbonyl (C=O) groups is 1. The van der Waals surface area contributed by atoms with Crippen LogP contribution in [0.1, 0.15) is 29.8 Å². The molecule has 0 bridgehead atoms. The molecule has 6 nitrogen and oxygen atoms in total. The number of rotatable bonds is 7. The second-order valence-electron chi connectivity index (χ2n) is 9.36. The summed E-state index contributed by atoms with van der Waals surface area (Å²) >= 11 is 1.48. The van der Waals surface area contributed by atoms with E-state index >= 15 is 0 Å². The van der Waals surface area contributed by atoms with Crippen LogP contribution in [0.3, 0.4) is 0 Å². The Morgan fingerprint density at radius 3 is 2.31 bits per heavy atom. The highest BCUT2D eigenvalue weighted by Crippen LogP contribution is 2.27. The third kappa shape index (κ3) is 6.35. The van der Waals surface area contributed by atoms with Gasteiger partial charge in [0.05, 0.1) is 0 Å². The van der Waals surface area contributed by atoms with Crippen molar-refractivity contribution in [1.29, 1.82) is 0 Å². The first-order valence-electron chi connectivity index (χ1n) is 12.6. The van der Waals surface area contributed by atoms with Crippen LogP contribution in [0.4, 0.5) is 5.13 Å². The lowest BCUT2D eigenvalue weighted by atomic mass is 9.95. The van der Waals surface area contributed by atoms with Crippen LogP contribution < -0.4 is 4.90 Å². The number of carbonyl (C=O) groups excluding carboxylic acids is 1. The first-order valence-corrected chi connectivity index (χ1v) is 13.4. The van der Waals surface area contributed by atoms with Crippen LogP contribution in [-0.2, 0) is 11.2 Å². The number of piperazine rings is 1. The van der Waals surface area contributed by atoms with Crippen molar-refractivity contribution in [2.45, 2.75) is 19.3 Å². The Morgan fingerprint density at radius 2 is 1.60 bits per heavy atom. The lowest BCUT2D eigenvalue weighted by Gasteiger charge is -2.38. The summed E-state index contributed by atoms with van der Waals surface area (Å²) in [7, 11) is 0. The average Bonchev–Trinajstić information content (AvgIpc) is 3.38. The number of aromatic nitrogens is 2. The number of hydrogen-bond donors (Lipinski definition) is 0. The van der Waals surface area contributed by atoms with Crippen molar-refractivity contribution in [3.05, 3.63) is 83.7 Å². The van der Waals surface area contributed by atoms with Gasteiger partial charge < -0.3 is 9.80 Å². The van der Waals surface area contributed by atoms with Crippen LogP contribution in [0.25, 0.3) is 6.08 Å². The minimum atomic E-state index is 0.132. The van der Waals surface area contributed by atoms with Gasteiger partial charge in [-0.3, -0.25) is 9.69 Å². The van der Waals surface area contributed by atoms with Crippen LogP contribution in [0.2, 0.25) is 0 Å². The molecule has 2 aliphatic heterocycles. The molecule has 0 unspecified atom stereocenters. The number of amides is 1. The summed E-state index contributed by atoms with van der Waals surface area (Å²) in [5, 5.41) is 0.985. The van der Waals surface area contributed by atoms with E-state index in [2.05, 4.69) is 67.6 Å². The second-order valence-corrected chi connectivity index (χ2v) is 10.1. The lowest BCUT2D eigenvalue weighted by Crippen LogP contribution is -2.51. The van der Waals surface area contributed by atoms with Gasteiger partial charge in [-0.25, -0.2) is 4.98 Å². The fourth-order valence-electron chi connectivity index (χ4n) is 4.85. The molecule has 0 saturated carbocycles. The zero-order valence-electron chi connectivity index (χ0n) is 20.1. The summed E-state index contributed by atoms with van der Waals surface area (Å²) in [6, 6.07) is 20.7. The molecule has 3 heterocycles. The highest BCUT2D eigenvalue weighted by molar-refractivity contribution is 7.09. The van der Waals surface area contributed by atoms with Crippen molar-refractivity contribution in [2.75, 3.05) is 50.7 Å². The van der Waals surface area contributed by atoms with Gasteiger partial charge in [-0.05, 0) is 24.0 Å². The van der Waals surface area contributed by atoms with E-state index < -0.39 is 0 Å². The molecule has 0 aliphatic carbocycles. The Kier molecular flexibility index (Phi) is 7.85. The van der Waals surface area contributed by atoms with Crippen LogP contribution >= 0.6 is 11.5 Å². The van der Waals surface area contributed by atoms with Gasteiger partial charge in [0, 0.05) is 69.7 Å². The molecule has 0 N–H and O–H groups in total. The molecule has 2 aromatic carbocycles. The number of hydrogen-bond acceptors (Lipinski definition) is 6. The fraction of sp³-hybridized carbons (Fsp3) is 0.393. The quantitative estimate of drug-likeness (QED) is 0.500. The molecule has 35 heavy (non-hydrogen) atoms. The molecular formula is C28H33N5OS. The van der Waals surface area contributed by atoms with E-state index in [1.807, 2.05) is 24.3 Å². The topological polar surface area (TPSA) is 52.6 Å². The van der Waals surface area contributed by atoms with Crippen LogP contribution in [-0.4, -0.2) is 70.9 Å². The van der Waals surface area contributed by atoms with E-state index in [4.69, 9.17) is 4.98 Å². The van der Waals surface area contributed by atoms with E-state index in [-0.39, 0.29) is 5.92 Å². The molecule has 3 aromatic rings. The van der Waals surface area contributed by atoms with Crippen molar-refractivity contribution in [3.63, 3.8) is 0 Å². The lowest BCUT2D eigenvalue weighted by molar-refractivity contribution is -0.137. The van der Waals surface area contributed by atoms with Crippen LogP contribution in [0.15, 0.2) is 66.7 Å². The van der Waals surface area contributed by atoms with Gasteiger partial charge in [0.1, 0.15) is 5.82 Å². The van der Waals surface area contributed by atoms with E-state index in [1.165, 1.54) is 22.7 Å². The van der Waals surface area contributed by atoms with Gasteiger partial charge in [0.15, 0.2) is 0 Å². The van der Waals surface area contributed by atoms with E-state index in [0.29, 0.717) is 5.91 Å². The zero-order valence-corrected chi connectivity index (χ0v) is 20.9. The van der Waals surface area contributed by atoms with E-state index in [1.54, 1.807) is 0 Å². The number of piperidine rings is 1. The van der Waals surface area contributed by atoms with Gasteiger partial charge in [0.25, 0.3) is 0 Å². The summed E-state index contributed by atoms with van der Waals surface area (Å²) in [6.45, 7) is 6.23. The Bertz CT molecular complexity index is 1100. The second kappa shape index (κ2) is 11.6. The maximum atomic E-state index is 13.2. The average molecular weight is 488 g/mol. The molecule has 1 aromatic heterocycles. The summed E-state index contributed by atoms with van der Waals surface area (Å²) in [4.78, 5) is 24.7. The summed E-state index contributed by atoms with van der Waals surface area (Å²) in [6.07, 6.45) is 6.95. The standard InChI is InChI=1S/C28H33N5OS/c34-27(32-20-18-31(19-21-32)15-7-12-23-8-3-1-4-9-23)25-13-16-33(17-14-25)28-29-26(30-35-28)22-24-10-5-2-6-11-24/h1-12,25H,13-22H2/b12-7+. The largest absolute Gasteiger partial charge is 0.347 e. The van der Waals surface area contributed by atoms with Gasteiger partial charge >= 0.3 is 0 Å².